The number of halogens is 1. The minimum Gasteiger partial charge on any atom is -0.496 e. The molecule has 0 aliphatic heterocycles. The number of nitrogens with one attached hydrogen (secondary N) is 1. The van der Waals surface area contributed by atoms with Crippen molar-refractivity contribution in [3.05, 3.63) is 59.2 Å². The summed E-state index contributed by atoms with van der Waals surface area (Å²) in [6, 6.07) is 6.81. The molecular formula is C14H16FN3O. The van der Waals surface area contributed by atoms with Gasteiger partial charge in [-0.2, -0.15) is 0 Å². The summed E-state index contributed by atoms with van der Waals surface area (Å²) in [4.78, 5) is 3.73. The second-order valence-electron chi connectivity index (χ2n) is 4.23. The highest BCUT2D eigenvalue weighted by molar-refractivity contribution is 5.41. The number of hydrazine groups is 1. The molecule has 0 aliphatic carbocycles. The molecule has 5 heteroatoms. The summed E-state index contributed by atoms with van der Waals surface area (Å²) in [6.07, 6.45) is 2.71. The number of benzene rings is 1. The lowest BCUT2D eigenvalue weighted by Gasteiger charge is -2.18. The largest absolute Gasteiger partial charge is 0.496 e. The normalized spacial score (nSPS) is 12.2. The van der Waals surface area contributed by atoms with E-state index in [0.717, 1.165) is 16.9 Å². The quantitative estimate of drug-likeness (QED) is 0.653. The van der Waals surface area contributed by atoms with Gasteiger partial charge in [0.1, 0.15) is 11.6 Å². The van der Waals surface area contributed by atoms with Crippen LogP contribution in [-0.2, 0) is 0 Å². The van der Waals surface area contributed by atoms with Gasteiger partial charge in [-0.25, -0.2) is 9.82 Å². The van der Waals surface area contributed by atoms with Crippen molar-refractivity contribution in [1.29, 1.82) is 0 Å². The molecule has 0 fully saturated rings. The molecule has 0 saturated heterocycles. The minimum atomic E-state index is -0.447. The first-order chi connectivity index (χ1) is 9.17. The van der Waals surface area contributed by atoms with Gasteiger partial charge >= 0.3 is 0 Å². The monoisotopic (exact) mass is 261 g/mol. The Hall–Kier alpha value is -1.98. The third-order valence-corrected chi connectivity index (χ3v) is 3.05. The van der Waals surface area contributed by atoms with Gasteiger partial charge in [0.15, 0.2) is 0 Å². The molecule has 1 aromatic carbocycles. The highest BCUT2D eigenvalue weighted by atomic mass is 19.1. The molecule has 100 valence electrons. The first-order valence-corrected chi connectivity index (χ1v) is 5.87. The average Bonchev–Trinajstić information content (AvgIpc) is 2.43. The fourth-order valence-electron chi connectivity index (χ4n) is 2.00. The number of ether oxygens (including phenoxy) is 1. The topological polar surface area (TPSA) is 60.2 Å². The maximum absolute atomic E-state index is 13.8. The van der Waals surface area contributed by atoms with Crippen LogP contribution in [0.15, 0.2) is 36.7 Å². The number of nitrogens with two attached hydrogens (primary N) is 1. The van der Waals surface area contributed by atoms with Gasteiger partial charge in [0.2, 0.25) is 0 Å². The molecule has 0 saturated carbocycles. The number of hydrogen-bond acceptors (Lipinski definition) is 4. The minimum absolute atomic E-state index is 0.398. The molecule has 2 rings (SSSR count). The van der Waals surface area contributed by atoms with Crippen LogP contribution in [0, 0.1) is 12.7 Å². The van der Waals surface area contributed by atoms with E-state index in [4.69, 9.17) is 10.6 Å². The van der Waals surface area contributed by atoms with Crippen LogP contribution < -0.4 is 16.0 Å². The van der Waals surface area contributed by atoms with Crippen molar-refractivity contribution in [2.45, 2.75) is 13.0 Å². The molecule has 1 unspecified atom stereocenters. The molecule has 1 atom stereocenters. The summed E-state index contributed by atoms with van der Waals surface area (Å²) in [7, 11) is 1.60. The highest BCUT2D eigenvalue weighted by Crippen LogP contribution is 2.27. The average molecular weight is 261 g/mol. The molecule has 3 N–H and O–H groups in total. The summed E-state index contributed by atoms with van der Waals surface area (Å²) >= 11 is 0. The first kappa shape index (κ1) is 13.5. The van der Waals surface area contributed by atoms with Crippen LogP contribution in [-0.4, -0.2) is 12.1 Å². The van der Waals surface area contributed by atoms with Crippen molar-refractivity contribution in [3.8, 4) is 5.75 Å². The Morgan fingerprint density at radius 3 is 2.79 bits per heavy atom. The number of methoxy groups -OCH3 is 1. The van der Waals surface area contributed by atoms with Gasteiger partial charge in [0.05, 0.1) is 19.3 Å². The van der Waals surface area contributed by atoms with E-state index >= 15 is 0 Å². The summed E-state index contributed by atoms with van der Waals surface area (Å²) in [5, 5.41) is 0. The van der Waals surface area contributed by atoms with Crippen molar-refractivity contribution in [2.24, 2.45) is 5.84 Å². The Bertz CT molecular complexity index is 574. The predicted molar refractivity (Wildman–Crippen MR) is 71.1 cm³/mol. The molecule has 0 radical (unpaired) electrons. The summed E-state index contributed by atoms with van der Waals surface area (Å²) < 4.78 is 19.1. The Morgan fingerprint density at radius 1 is 1.37 bits per heavy atom. The lowest BCUT2D eigenvalue weighted by molar-refractivity contribution is 0.410. The SMILES string of the molecule is COc1cc(C(NN)c2ccncc2F)ccc1C. The van der Waals surface area contributed by atoms with E-state index in [0.29, 0.717) is 5.56 Å². The number of nitrogens with zero attached hydrogens (tertiary/aromatic N) is 1. The van der Waals surface area contributed by atoms with Crippen molar-refractivity contribution >= 4 is 0 Å². The van der Waals surface area contributed by atoms with E-state index in [2.05, 4.69) is 10.4 Å². The third-order valence-electron chi connectivity index (χ3n) is 3.05. The van der Waals surface area contributed by atoms with Crippen molar-refractivity contribution in [1.82, 2.24) is 10.4 Å². The second-order valence-corrected chi connectivity index (χ2v) is 4.23. The van der Waals surface area contributed by atoms with E-state index in [1.54, 1.807) is 13.2 Å². The zero-order chi connectivity index (χ0) is 13.8. The third kappa shape index (κ3) is 2.72. The Balaban J connectivity index is 2.45. The van der Waals surface area contributed by atoms with E-state index in [-0.39, 0.29) is 0 Å². The molecule has 0 amide bonds. The van der Waals surface area contributed by atoms with Crippen LogP contribution in [0.1, 0.15) is 22.7 Å². The number of pyridine rings is 1. The Morgan fingerprint density at radius 2 is 2.16 bits per heavy atom. The fraction of sp³-hybridized carbons (Fsp3) is 0.214. The van der Waals surface area contributed by atoms with E-state index in [1.165, 1.54) is 12.4 Å². The molecule has 1 heterocycles. The Labute approximate surface area is 111 Å². The van der Waals surface area contributed by atoms with E-state index in [1.807, 2.05) is 25.1 Å². The van der Waals surface area contributed by atoms with Crippen LogP contribution in [0.5, 0.6) is 5.75 Å². The molecule has 0 aliphatic rings. The first-order valence-electron chi connectivity index (χ1n) is 5.87. The molecule has 19 heavy (non-hydrogen) atoms. The fourth-order valence-corrected chi connectivity index (χ4v) is 2.00. The van der Waals surface area contributed by atoms with Crippen LogP contribution >= 0.6 is 0 Å². The highest BCUT2D eigenvalue weighted by Gasteiger charge is 2.17. The second kappa shape index (κ2) is 5.77. The molecule has 0 spiro atoms. The van der Waals surface area contributed by atoms with Gasteiger partial charge in [-0.05, 0) is 30.2 Å². The molecule has 4 nitrogen and oxygen atoms in total. The Kier molecular flexibility index (Phi) is 4.09. The van der Waals surface area contributed by atoms with E-state index < -0.39 is 11.9 Å². The smallest absolute Gasteiger partial charge is 0.146 e. The van der Waals surface area contributed by atoms with Crippen molar-refractivity contribution in [2.75, 3.05) is 7.11 Å². The van der Waals surface area contributed by atoms with Crippen LogP contribution in [0.3, 0.4) is 0 Å². The zero-order valence-electron chi connectivity index (χ0n) is 10.9. The summed E-state index contributed by atoms with van der Waals surface area (Å²) in [6.45, 7) is 1.94. The molecule has 1 aromatic heterocycles. The molecule has 0 bridgehead atoms. The lowest BCUT2D eigenvalue weighted by Crippen LogP contribution is -2.29. The summed E-state index contributed by atoms with van der Waals surface area (Å²) in [5.74, 6) is 5.90. The molecule has 2 aromatic rings. The van der Waals surface area contributed by atoms with Gasteiger partial charge in [0, 0.05) is 11.8 Å². The van der Waals surface area contributed by atoms with Crippen molar-refractivity contribution < 1.29 is 9.13 Å². The van der Waals surface area contributed by atoms with Gasteiger partial charge in [0.25, 0.3) is 0 Å². The van der Waals surface area contributed by atoms with Crippen LogP contribution in [0.2, 0.25) is 0 Å². The van der Waals surface area contributed by atoms with Crippen LogP contribution in [0.25, 0.3) is 0 Å². The zero-order valence-corrected chi connectivity index (χ0v) is 10.9. The maximum atomic E-state index is 13.8. The molecular weight excluding hydrogens is 245 g/mol. The maximum Gasteiger partial charge on any atom is 0.146 e. The number of aryl methyl sites for hydroxylation is 1. The van der Waals surface area contributed by atoms with Crippen molar-refractivity contribution in [3.63, 3.8) is 0 Å². The van der Waals surface area contributed by atoms with Gasteiger partial charge in [-0.15, -0.1) is 0 Å². The van der Waals surface area contributed by atoms with E-state index in [9.17, 15) is 4.39 Å². The number of rotatable bonds is 4. The van der Waals surface area contributed by atoms with Gasteiger partial charge in [-0.3, -0.25) is 10.8 Å². The summed E-state index contributed by atoms with van der Waals surface area (Å²) in [5.41, 5.74) is 4.91. The number of hydrogen-bond donors (Lipinski definition) is 2. The lowest BCUT2D eigenvalue weighted by atomic mass is 9.98. The predicted octanol–water partition coefficient (Wildman–Crippen LogP) is 2.09. The van der Waals surface area contributed by atoms with Gasteiger partial charge in [-0.1, -0.05) is 12.1 Å². The van der Waals surface area contributed by atoms with Gasteiger partial charge < -0.3 is 4.74 Å². The van der Waals surface area contributed by atoms with Crippen LogP contribution in [0.4, 0.5) is 4.39 Å². The number of aromatic nitrogens is 1. The standard InChI is InChI=1S/C14H16FN3O/c1-9-3-4-10(7-13(9)19-2)14(18-16)11-5-6-17-8-12(11)15/h3-8,14,18H,16H2,1-2H3.